The third-order valence-electron chi connectivity index (χ3n) is 2.29. The average molecular weight is 209 g/mol. The molecule has 0 aliphatic carbocycles. The zero-order chi connectivity index (χ0) is 11.3. The van der Waals surface area contributed by atoms with E-state index < -0.39 is 5.97 Å². The molecule has 0 saturated carbocycles. The fourth-order valence-corrected chi connectivity index (χ4v) is 1.19. The molecule has 1 atom stereocenters. The Balaban J connectivity index is 2.47. The van der Waals surface area contributed by atoms with Crippen molar-refractivity contribution in [2.45, 2.75) is 19.8 Å². The Labute approximate surface area is 88.9 Å². The molecule has 0 bridgehead atoms. The highest BCUT2D eigenvalue weighted by atomic mass is 16.5. The first-order valence-electron chi connectivity index (χ1n) is 4.85. The molecule has 1 aromatic heterocycles. The Morgan fingerprint density at radius 1 is 1.60 bits per heavy atom. The fourth-order valence-electron chi connectivity index (χ4n) is 1.19. The maximum absolute atomic E-state index is 10.6. The van der Waals surface area contributed by atoms with Crippen molar-refractivity contribution in [1.82, 2.24) is 4.98 Å². The monoisotopic (exact) mass is 209 g/mol. The van der Waals surface area contributed by atoms with E-state index in [1.165, 1.54) is 0 Å². The highest BCUT2D eigenvalue weighted by Crippen LogP contribution is 2.11. The topological polar surface area (TPSA) is 59.4 Å². The van der Waals surface area contributed by atoms with Crippen LogP contribution in [-0.4, -0.2) is 23.2 Å². The zero-order valence-corrected chi connectivity index (χ0v) is 8.93. The summed E-state index contributed by atoms with van der Waals surface area (Å²) in [7, 11) is 1.56. The number of hydrogen-bond donors (Lipinski definition) is 1. The molecule has 1 unspecified atom stereocenters. The maximum atomic E-state index is 10.6. The molecule has 0 radical (unpaired) electrons. The number of carbonyl (C=O) groups is 1. The van der Waals surface area contributed by atoms with E-state index >= 15 is 0 Å². The molecule has 0 spiro atoms. The number of pyridine rings is 1. The molecule has 1 heterocycles. The first-order valence-corrected chi connectivity index (χ1v) is 4.85. The molecule has 0 amide bonds. The standard InChI is InChI=1S/C11H15NO3/c1-8(11(13)14)3-4-9-5-6-10(15-2)12-7-9/h5-8H,3-4H2,1-2H3,(H,13,14). The van der Waals surface area contributed by atoms with Crippen molar-refractivity contribution in [2.24, 2.45) is 5.92 Å². The van der Waals surface area contributed by atoms with Crippen molar-refractivity contribution in [3.63, 3.8) is 0 Å². The second-order valence-electron chi connectivity index (χ2n) is 3.49. The van der Waals surface area contributed by atoms with Crippen molar-refractivity contribution in [3.8, 4) is 5.88 Å². The average Bonchev–Trinajstić information content (AvgIpc) is 2.26. The van der Waals surface area contributed by atoms with Crippen LogP contribution in [0.4, 0.5) is 0 Å². The van der Waals surface area contributed by atoms with Crippen molar-refractivity contribution < 1.29 is 14.6 Å². The lowest BCUT2D eigenvalue weighted by atomic mass is 10.0. The molecule has 4 nitrogen and oxygen atoms in total. The Morgan fingerprint density at radius 3 is 2.80 bits per heavy atom. The number of carboxylic acids is 1. The molecule has 4 heteroatoms. The minimum Gasteiger partial charge on any atom is -0.481 e. The van der Waals surface area contributed by atoms with Crippen LogP contribution in [-0.2, 0) is 11.2 Å². The van der Waals surface area contributed by atoms with Gasteiger partial charge in [0.1, 0.15) is 0 Å². The molecule has 0 saturated heterocycles. The summed E-state index contributed by atoms with van der Waals surface area (Å²) in [6.45, 7) is 1.71. The minimum atomic E-state index is -0.753. The van der Waals surface area contributed by atoms with Gasteiger partial charge >= 0.3 is 5.97 Å². The van der Waals surface area contributed by atoms with E-state index in [0.717, 1.165) is 12.0 Å². The molecule has 0 aliphatic heterocycles. The number of aryl methyl sites for hydroxylation is 1. The van der Waals surface area contributed by atoms with Gasteiger partial charge in [-0.1, -0.05) is 13.0 Å². The molecule has 82 valence electrons. The quantitative estimate of drug-likeness (QED) is 0.802. The van der Waals surface area contributed by atoms with Gasteiger partial charge in [-0.3, -0.25) is 4.79 Å². The number of carboxylic acid groups (broad SMARTS) is 1. The van der Waals surface area contributed by atoms with Crippen LogP contribution in [0.25, 0.3) is 0 Å². The van der Waals surface area contributed by atoms with E-state index in [1.54, 1.807) is 26.3 Å². The van der Waals surface area contributed by atoms with Gasteiger partial charge in [-0.15, -0.1) is 0 Å². The summed E-state index contributed by atoms with van der Waals surface area (Å²) in [5.74, 6) is -0.492. The molecule has 1 rings (SSSR count). The Morgan fingerprint density at radius 2 is 2.33 bits per heavy atom. The summed E-state index contributed by atoms with van der Waals surface area (Å²) in [5.41, 5.74) is 1.03. The van der Waals surface area contributed by atoms with E-state index in [4.69, 9.17) is 9.84 Å². The second kappa shape index (κ2) is 5.34. The van der Waals surface area contributed by atoms with Crippen LogP contribution >= 0.6 is 0 Å². The van der Waals surface area contributed by atoms with Crippen molar-refractivity contribution in [2.75, 3.05) is 7.11 Å². The van der Waals surface area contributed by atoms with Crippen LogP contribution in [0.15, 0.2) is 18.3 Å². The van der Waals surface area contributed by atoms with Gasteiger partial charge in [-0.25, -0.2) is 4.98 Å². The Bertz CT molecular complexity index is 321. The van der Waals surface area contributed by atoms with Crippen LogP contribution in [0.3, 0.4) is 0 Å². The van der Waals surface area contributed by atoms with E-state index in [2.05, 4.69) is 4.98 Å². The van der Waals surface area contributed by atoms with Gasteiger partial charge in [-0.2, -0.15) is 0 Å². The number of methoxy groups -OCH3 is 1. The summed E-state index contributed by atoms with van der Waals surface area (Å²) in [5, 5.41) is 8.71. The first-order chi connectivity index (χ1) is 7.13. The van der Waals surface area contributed by atoms with Crippen LogP contribution in [0.1, 0.15) is 18.9 Å². The molecule has 1 N–H and O–H groups in total. The van der Waals surface area contributed by atoms with Gasteiger partial charge in [0.15, 0.2) is 0 Å². The van der Waals surface area contributed by atoms with Gasteiger partial charge in [0.05, 0.1) is 13.0 Å². The molecule has 0 aliphatic rings. The fraction of sp³-hybridized carbons (Fsp3) is 0.455. The van der Waals surface area contributed by atoms with Crippen LogP contribution in [0.5, 0.6) is 5.88 Å². The molecular formula is C11H15NO3. The molecule has 0 aromatic carbocycles. The van der Waals surface area contributed by atoms with E-state index in [9.17, 15) is 4.79 Å². The van der Waals surface area contributed by atoms with E-state index in [-0.39, 0.29) is 5.92 Å². The predicted molar refractivity (Wildman–Crippen MR) is 55.9 cm³/mol. The summed E-state index contributed by atoms with van der Waals surface area (Å²) >= 11 is 0. The summed E-state index contributed by atoms with van der Waals surface area (Å²) < 4.78 is 4.93. The minimum absolute atomic E-state index is 0.313. The van der Waals surface area contributed by atoms with Crippen LogP contribution < -0.4 is 4.74 Å². The zero-order valence-electron chi connectivity index (χ0n) is 8.93. The van der Waals surface area contributed by atoms with E-state index in [1.807, 2.05) is 6.07 Å². The lowest BCUT2D eigenvalue weighted by molar-refractivity contribution is -0.141. The largest absolute Gasteiger partial charge is 0.481 e. The second-order valence-corrected chi connectivity index (χ2v) is 3.49. The lowest BCUT2D eigenvalue weighted by Crippen LogP contribution is -2.10. The molecule has 0 fully saturated rings. The van der Waals surface area contributed by atoms with Gasteiger partial charge in [0, 0.05) is 12.3 Å². The normalized spacial score (nSPS) is 12.1. The maximum Gasteiger partial charge on any atom is 0.306 e. The number of hydrogen-bond acceptors (Lipinski definition) is 3. The van der Waals surface area contributed by atoms with Gasteiger partial charge in [-0.05, 0) is 18.4 Å². The predicted octanol–water partition coefficient (Wildman–Crippen LogP) is 1.74. The highest BCUT2D eigenvalue weighted by Gasteiger charge is 2.10. The molecule has 1 aromatic rings. The van der Waals surface area contributed by atoms with Crippen LogP contribution in [0.2, 0.25) is 0 Å². The van der Waals surface area contributed by atoms with Gasteiger partial charge in [0.2, 0.25) is 5.88 Å². The first kappa shape index (κ1) is 11.5. The van der Waals surface area contributed by atoms with Gasteiger partial charge in [0.25, 0.3) is 0 Å². The smallest absolute Gasteiger partial charge is 0.306 e. The van der Waals surface area contributed by atoms with Gasteiger partial charge < -0.3 is 9.84 Å². The third kappa shape index (κ3) is 3.58. The number of aliphatic carboxylic acids is 1. The Kier molecular flexibility index (Phi) is 4.09. The number of ether oxygens (including phenoxy) is 1. The molecule has 15 heavy (non-hydrogen) atoms. The highest BCUT2D eigenvalue weighted by molar-refractivity contribution is 5.69. The van der Waals surface area contributed by atoms with Crippen LogP contribution in [0, 0.1) is 5.92 Å². The summed E-state index contributed by atoms with van der Waals surface area (Å²) in [4.78, 5) is 14.6. The lowest BCUT2D eigenvalue weighted by Gasteiger charge is -2.05. The molecular weight excluding hydrogens is 194 g/mol. The summed E-state index contributed by atoms with van der Waals surface area (Å²) in [6, 6.07) is 3.68. The summed E-state index contributed by atoms with van der Waals surface area (Å²) in [6.07, 6.45) is 3.07. The number of nitrogens with zero attached hydrogens (tertiary/aromatic N) is 1. The Hall–Kier alpha value is -1.58. The van der Waals surface area contributed by atoms with Crippen molar-refractivity contribution >= 4 is 5.97 Å². The SMILES string of the molecule is COc1ccc(CCC(C)C(=O)O)cn1. The van der Waals surface area contributed by atoms with Crippen molar-refractivity contribution in [3.05, 3.63) is 23.9 Å². The number of aromatic nitrogens is 1. The van der Waals surface area contributed by atoms with Crippen molar-refractivity contribution in [1.29, 1.82) is 0 Å². The third-order valence-corrected chi connectivity index (χ3v) is 2.29. The number of rotatable bonds is 5. The van der Waals surface area contributed by atoms with E-state index in [0.29, 0.717) is 12.3 Å².